The summed E-state index contributed by atoms with van der Waals surface area (Å²) in [6, 6.07) is 11.3. The first kappa shape index (κ1) is 21.8. The Labute approximate surface area is 170 Å². The van der Waals surface area contributed by atoms with E-state index in [1.807, 2.05) is 43.3 Å². The van der Waals surface area contributed by atoms with Crippen LogP contribution in [0.25, 0.3) is 0 Å². The predicted octanol–water partition coefficient (Wildman–Crippen LogP) is 3.86. The number of hydrogen-bond acceptors (Lipinski definition) is 6. The van der Waals surface area contributed by atoms with Gasteiger partial charge in [0.15, 0.2) is 23.0 Å². The molecule has 1 atom stereocenters. The van der Waals surface area contributed by atoms with Gasteiger partial charge in [-0.1, -0.05) is 6.07 Å². The summed E-state index contributed by atoms with van der Waals surface area (Å²) in [6.45, 7) is 2.38. The second kappa shape index (κ2) is 10.1. The number of ether oxygens (including phenoxy) is 4. The lowest BCUT2D eigenvalue weighted by Crippen LogP contribution is -2.32. The Hall–Kier alpha value is -2.54. The normalized spacial score (nSPS) is 11.5. The van der Waals surface area contributed by atoms with Crippen LogP contribution < -0.4 is 18.9 Å². The summed E-state index contributed by atoms with van der Waals surface area (Å²) in [5.74, 6) is 2.66. The number of hydrogen-bond donors (Lipinski definition) is 0. The summed E-state index contributed by atoms with van der Waals surface area (Å²) in [7, 11) is 8.18. The van der Waals surface area contributed by atoms with Gasteiger partial charge in [0.2, 0.25) is 5.91 Å². The summed E-state index contributed by atoms with van der Waals surface area (Å²) in [5.41, 5.74) is 0.969. The summed E-state index contributed by atoms with van der Waals surface area (Å²) in [4.78, 5) is 15.5. The lowest BCUT2D eigenvalue weighted by Gasteiger charge is -2.22. The van der Waals surface area contributed by atoms with E-state index in [2.05, 4.69) is 0 Å². The van der Waals surface area contributed by atoms with Gasteiger partial charge in [-0.25, -0.2) is 0 Å². The maximum absolute atomic E-state index is 12.8. The fourth-order valence-electron chi connectivity index (χ4n) is 2.79. The molecule has 0 fully saturated rings. The highest BCUT2D eigenvalue weighted by atomic mass is 32.2. The summed E-state index contributed by atoms with van der Waals surface area (Å²) < 4.78 is 21.2. The van der Waals surface area contributed by atoms with Crippen LogP contribution in [0.3, 0.4) is 0 Å². The van der Waals surface area contributed by atoms with Crippen LogP contribution in [0.15, 0.2) is 41.3 Å². The lowest BCUT2D eigenvalue weighted by atomic mass is 10.2. The van der Waals surface area contributed by atoms with Crippen molar-refractivity contribution in [3.63, 3.8) is 0 Å². The van der Waals surface area contributed by atoms with Crippen molar-refractivity contribution in [2.45, 2.75) is 23.6 Å². The molecule has 0 spiro atoms. The molecule has 0 heterocycles. The van der Waals surface area contributed by atoms with Gasteiger partial charge in [-0.2, -0.15) is 0 Å². The van der Waals surface area contributed by atoms with Gasteiger partial charge in [0, 0.05) is 18.5 Å². The SMILES string of the molecule is COc1ccc(CN(C)C(=O)C(C)Sc2ccc(OC)c(OC)c2)cc1OC. The topological polar surface area (TPSA) is 57.2 Å². The molecule has 6 nitrogen and oxygen atoms in total. The van der Waals surface area contributed by atoms with E-state index < -0.39 is 0 Å². The molecule has 152 valence electrons. The molecule has 0 aromatic heterocycles. The Morgan fingerprint density at radius 2 is 1.43 bits per heavy atom. The molecule has 0 bridgehead atoms. The average Bonchev–Trinajstić information content (AvgIpc) is 2.72. The molecule has 28 heavy (non-hydrogen) atoms. The summed E-state index contributed by atoms with van der Waals surface area (Å²) in [6.07, 6.45) is 0. The molecule has 1 unspecified atom stereocenters. The Balaban J connectivity index is 2.04. The summed E-state index contributed by atoms with van der Waals surface area (Å²) in [5, 5.41) is -0.247. The van der Waals surface area contributed by atoms with Crippen molar-refractivity contribution >= 4 is 17.7 Å². The second-order valence-corrected chi connectivity index (χ2v) is 7.57. The Morgan fingerprint density at radius 1 is 0.893 bits per heavy atom. The third kappa shape index (κ3) is 5.25. The third-order valence-corrected chi connectivity index (χ3v) is 5.34. The predicted molar refractivity (Wildman–Crippen MR) is 111 cm³/mol. The van der Waals surface area contributed by atoms with Crippen molar-refractivity contribution in [3.8, 4) is 23.0 Å². The molecule has 2 aromatic carbocycles. The minimum absolute atomic E-state index is 0.0366. The molecule has 0 aliphatic carbocycles. The van der Waals surface area contributed by atoms with Gasteiger partial charge in [0.1, 0.15) is 0 Å². The fourth-order valence-corrected chi connectivity index (χ4v) is 3.80. The molecule has 0 aliphatic heterocycles. The number of nitrogens with zero attached hydrogens (tertiary/aromatic N) is 1. The van der Waals surface area contributed by atoms with Gasteiger partial charge < -0.3 is 23.8 Å². The van der Waals surface area contributed by atoms with Crippen LogP contribution in [0.4, 0.5) is 0 Å². The van der Waals surface area contributed by atoms with Crippen molar-refractivity contribution in [3.05, 3.63) is 42.0 Å². The van der Waals surface area contributed by atoms with Gasteiger partial charge >= 0.3 is 0 Å². The number of carbonyl (C=O) groups is 1. The number of thioether (sulfide) groups is 1. The van der Waals surface area contributed by atoms with Gasteiger partial charge in [-0.15, -0.1) is 11.8 Å². The fraction of sp³-hybridized carbons (Fsp3) is 0.381. The molecule has 0 aliphatic rings. The molecule has 1 amide bonds. The molecule has 0 N–H and O–H groups in total. The van der Waals surface area contributed by atoms with Crippen LogP contribution in [-0.4, -0.2) is 51.5 Å². The maximum atomic E-state index is 12.8. The Bertz CT molecular complexity index is 746. The van der Waals surface area contributed by atoms with Gasteiger partial charge in [-0.3, -0.25) is 4.79 Å². The average molecular weight is 406 g/mol. The van der Waals surface area contributed by atoms with Gasteiger partial charge in [0.25, 0.3) is 0 Å². The van der Waals surface area contributed by atoms with Crippen molar-refractivity contribution < 1.29 is 23.7 Å². The molecule has 0 saturated carbocycles. The highest BCUT2D eigenvalue weighted by Gasteiger charge is 2.20. The van der Waals surface area contributed by atoms with Gasteiger partial charge in [0.05, 0.1) is 33.7 Å². The molecule has 2 rings (SSSR count). The van der Waals surface area contributed by atoms with E-state index in [0.717, 1.165) is 10.5 Å². The Kier molecular flexibility index (Phi) is 7.87. The van der Waals surface area contributed by atoms with E-state index >= 15 is 0 Å². The van der Waals surface area contributed by atoms with E-state index in [9.17, 15) is 4.79 Å². The smallest absolute Gasteiger partial charge is 0.235 e. The van der Waals surface area contributed by atoms with Crippen molar-refractivity contribution in [1.29, 1.82) is 0 Å². The highest BCUT2D eigenvalue weighted by Crippen LogP contribution is 2.34. The number of rotatable bonds is 9. The number of methoxy groups -OCH3 is 4. The van der Waals surface area contributed by atoms with E-state index in [4.69, 9.17) is 18.9 Å². The minimum Gasteiger partial charge on any atom is -0.493 e. The molecular weight excluding hydrogens is 378 g/mol. The standard InChI is InChI=1S/C21H27NO5S/c1-14(28-16-8-10-18(25-4)20(12-16)27-6)21(23)22(2)13-15-7-9-17(24-3)19(11-15)26-5/h7-12,14H,13H2,1-6H3. The van der Waals surface area contributed by atoms with Crippen molar-refractivity contribution in [2.75, 3.05) is 35.5 Å². The summed E-state index contributed by atoms with van der Waals surface area (Å²) >= 11 is 1.48. The highest BCUT2D eigenvalue weighted by molar-refractivity contribution is 8.00. The van der Waals surface area contributed by atoms with Crippen molar-refractivity contribution in [1.82, 2.24) is 4.90 Å². The first-order valence-electron chi connectivity index (χ1n) is 8.78. The van der Waals surface area contributed by atoms with E-state index in [1.54, 1.807) is 40.4 Å². The van der Waals surface area contributed by atoms with Crippen LogP contribution >= 0.6 is 11.8 Å². The van der Waals surface area contributed by atoms with E-state index in [0.29, 0.717) is 29.5 Å². The zero-order valence-corrected chi connectivity index (χ0v) is 18.0. The van der Waals surface area contributed by atoms with Gasteiger partial charge in [-0.05, 0) is 42.8 Å². The Morgan fingerprint density at radius 3 is 2.00 bits per heavy atom. The monoisotopic (exact) mass is 405 g/mol. The number of amides is 1. The molecular formula is C21H27NO5S. The zero-order chi connectivity index (χ0) is 20.7. The molecule has 7 heteroatoms. The molecule has 0 radical (unpaired) electrons. The van der Waals surface area contributed by atoms with E-state index in [1.165, 1.54) is 11.8 Å². The quantitative estimate of drug-likeness (QED) is 0.591. The first-order chi connectivity index (χ1) is 13.4. The van der Waals surface area contributed by atoms with Crippen LogP contribution in [0, 0.1) is 0 Å². The van der Waals surface area contributed by atoms with Crippen LogP contribution in [0.5, 0.6) is 23.0 Å². The zero-order valence-electron chi connectivity index (χ0n) is 17.1. The van der Waals surface area contributed by atoms with E-state index in [-0.39, 0.29) is 11.2 Å². The molecule has 0 saturated heterocycles. The van der Waals surface area contributed by atoms with Crippen molar-refractivity contribution in [2.24, 2.45) is 0 Å². The molecule has 2 aromatic rings. The van der Waals surface area contributed by atoms with Crippen LogP contribution in [0.2, 0.25) is 0 Å². The minimum atomic E-state index is -0.247. The maximum Gasteiger partial charge on any atom is 0.235 e. The van der Waals surface area contributed by atoms with Crippen LogP contribution in [-0.2, 0) is 11.3 Å². The van der Waals surface area contributed by atoms with Crippen LogP contribution in [0.1, 0.15) is 12.5 Å². The number of carbonyl (C=O) groups excluding carboxylic acids is 1. The third-order valence-electron chi connectivity index (χ3n) is 4.26. The lowest BCUT2D eigenvalue weighted by molar-refractivity contribution is -0.129. The largest absolute Gasteiger partial charge is 0.493 e. The second-order valence-electron chi connectivity index (χ2n) is 6.16. The first-order valence-corrected chi connectivity index (χ1v) is 9.66. The number of benzene rings is 2.